The highest BCUT2D eigenvalue weighted by Gasteiger charge is 2.18. The molecule has 0 saturated carbocycles. The number of alkyl carbamates (subject to hydrolysis) is 1. The van der Waals surface area contributed by atoms with Crippen LogP contribution in [0.3, 0.4) is 0 Å². The summed E-state index contributed by atoms with van der Waals surface area (Å²) in [5, 5.41) is 6.18. The number of hydrogen-bond acceptors (Lipinski definition) is 4. The molecule has 1 aromatic rings. The number of ether oxygens (including phenoxy) is 1. The molecule has 0 aliphatic rings. The lowest BCUT2D eigenvalue weighted by molar-refractivity contribution is 0.0502. The maximum absolute atomic E-state index is 11.7. The van der Waals surface area contributed by atoms with Crippen molar-refractivity contribution >= 4 is 11.8 Å². The molecular formula is C16H27N3O2. The number of anilines is 1. The number of hydrogen-bond donors (Lipinski definition) is 3. The zero-order chi connectivity index (χ0) is 15.9. The summed E-state index contributed by atoms with van der Waals surface area (Å²) in [4.78, 5) is 11.7. The zero-order valence-electron chi connectivity index (χ0n) is 13.4. The molecule has 4 N–H and O–H groups in total. The number of rotatable bonds is 6. The van der Waals surface area contributed by atoms with Gasteiger partial charge < -0.3 is 21.1 Å². The molecule has 0 aromatic heterocycles. The first kappa shape index (κ1) is 17.3. The fraction of sp³-hybridized carbons (Fsp3) is 0.562. The first-order chi connectivity index (χ1) is 9.81. The molecule has 0 aliphatic carbocycles. The topological polar surface area (TPSA) is 76.4 Å². The minimum atomic E-state index is -0.478. The summed E-state index contributed by atoms with van der Waals surface area (Å²) in [6.07, 6.45) is 0.451. The van der Waals surface area contributed by atoms with Crippen LogP contribution in [0.15, 0.2) is 24.3 Å². The van der Waals surface area contributed by atoms with Crippen molar-refractivity contribution in [1.82, 2.24) is 10.6 Å². The van der Waals surface area contributed by atoms with Crippen molar-refractivity contribution in [2.75, 3.05) is 12.3 Å². The monoisotopic (exact) mass is 293 g/mol. The Hall–Kier alpha value is -1.75. The Morgan fingerprint density at radius 3 is 2.57 bits per heavy atom. The Balaban J connectivity index is 2.38. The van der Waals surface area contributed by atoms with E-state index >= 15 is 0 Å². The second-order valence-corrected chi connectivity index (χ2v) is 6.08. The van der Waals surface area contributed by atoms with Crippen molar-refractivity contribution in [3.63, 3.8) is 0 Å². The summed E-state index contributed by atoms with van der Waals surface area (Å²) in [6, 6.07) is 7.78. The number of nitrogens with two attached hydrogens (primary N) is 1. The first-order valence-corrected chi connectivity index (χ1v) is 7.35. The number of para-hydroxylation sites is 1. The Bertz CT molecular complexity index is 455. The van der Waals surface area contributed by atoms with E-state index in [0.717, 1.165) is 17.7 Å². The van der Waals surface area contributed by atoms with E-state index in [1.54, 1.807) is 0 Å². The molecule has 118 valence electrons. The van der Waals surface area contributed by atoms with Crippen LogP contribution in [0.5, 0.6) is 0 Å². The molecule has 1 rings (SSSR count). The van der Waals surface area contributed by atoms with Crippen LogP contribution in [-0.2, 0) is 11.3 Å². The molecule has 0 bridgehead atoms. The van der Waals surface area contributed by atoms with E-state index in [2.05, 4.69) is 10.6 Å². The number of nitrogen functional groups attached to an aromatic ring is 1. The van der Waals surface area contributed by atoms with Crippen LogP contribution in [0.1, 0.15) is 39.7 Å². The molecule has 0 heterocycles. The summed E-state index contributed by atoms with van der Waals surface area (Å²) in [6.45, 7) is 8.93. The standard InChI is InChI=1S/C16H27N3O2/c1-5-13(19-15(20)21-16(2,3)4)11-18-10-12-8-6-7-9-14(12)17/h6-9,13,18H,5,10-11,17H2,1-4H3,(H,19,20). The lowest BCUT2D eigenvalue weighted by Crippen LogP contribution is -2.43. The molecule has 21 heavy (non-hydrogen) atoms. The normalized spacial score (nSPS) is 12.8. The average Bonchev–Trinajstić information content (AvgIpc) is 2.37. The highest BCUT2D eigenvalue weighted by molar-refractivity contribution is 5.68. The van der Waals surface area contributed by atoms with Gasteiger partial charge in [0.1, 0.15) is 5.60 Å². The second-order valence-electron chi connectivity index (χ2n) is 6.08. The molecule has 0 aliphatic heterocycles. The van der Waals surface area contributed by atoms with Gasteiger partial charge in [-0.1, -0.05) is 25.1 Å². The number of carbonyl (C=O) groups excluding carboxylic acids is 1. The largest absolute Gasteiger partial charge is 0.444 e. The fourth-order valence-corrected chi connectivity index (χ4v) is 1.85. The Labute approximate surface area is 127 Å². The van der Waals surface area contributed by atoms with Crippen molar-refractivity contribution in [1.29, 1.82) is 0 Å². The highest BCUT2D eigenvalue weighted by atomic mass is 16.6. The van der Waals surface area contributed by atoms with Gasteiger partial charge in [-0.15, -0.1) is 0 Å². The summed E-state index contributed by atoms with van der Waals surface area (Å²) in [5.74, 6) is 0. The van der Waals surface area contributed by atoms with Crippen LogP contribution in [0, 0.1) is 0 Å². The minimum Gasteiger partial charge on any atom is -0.444 e. The highest BCUT2D eigenvalue weighted by Crippen LogP contribution is 2.10. The van der Waals surface area contributed by atoms with E-state index in [9.17, 15) is 4.79 Å². The predicted octanol–water partition coefficient (Wildman–Crippen LogP) is 2.66. The van der Waals surface area contributed by atoms with E-state index in [-0.39, 0.29) is 12.1 Å². The molecule has 0 radical (unpaired) electrons. The molecule has 1 amide bonds. The van der Waals surface area contributed by atoms with Gasteiger partial charge in [-0.2, -0.15) is 0 Å². The quantitative estimate of drug-likeness (QED) is 0.705. The van der Waals surface area contributed by atoms with E-state index in [1.807, 2.05) is 52.0 Å². The summed E-state index contributed by atoms with van der Waals surface area (Å²) in [7, 11) is 0. The van der Waals surface area contributed by atoms with Gasteiger partial charge in [0.15, 0.2) is 0 Å². The predicted molar refractivity (Wildman–Crippen MR) is 86.0 cm³/mol. The summed E-state index contributed by atoms with van der Waals surface area (Å²) >= 11 is 0. The van der Waals surface area contributed by atoms with Gasteiger partial charge in [-0.05, 0) is 38.8 Å². The number of carbonyl (C=O) groups is 1. The van der Waals surface area contributed by atoms with Gasteiger partial charge in [0.25, 0.3) is 0 Å². The van der Waals surface area contributed by atoms with Crippen LogP contribution in [-0.4, -0.2) is 24.3 Å². The van der Waals surface area contributed by atoms with Crippen molar-refractivity contribution in [3.05, 3.63) is 29.8 Å². The fourth-order valence-electron chi connectivity index (χ4n) is 1.85. The van der Waals surface area contributed by atoms with Gasteiger partial charge in [-0.25, -0.2) is 4.79 Å². The molecule has 1 unspecified atom stereocenters. The summed E-state index contributed by atoms with van der Waals surface area (Å²) in [5.41, 5.74) is 7.25. The van der Waals surface area contributed by atoms with Crippen LogP contribution in [0.2, 0.25) is 0 Å². The maximum Gasteiger partial charge on any atom is 0.407 e. The smallest absolute Gasteiger partial charge is 0.407 e. The molecular weight excluding hydrogens is 266 g/mol. The molecule has 1 aromatic carbocycles. The van der Waals surface area contributed by atoms with Gasteiger partial charge >= 0.3 is 6.09 Å². The van der Waals surface area contributed by atoms with Crippen molar-refractivity contribution in [3.8, 4) is 0 Å². The molecule has 5 nitrogen and oxygen atoms in total. The maximum atomic E-state index is 11.7. The van der Waals surface area contributed by atoms with E-state index in [1.165, 1.54) is 0 Å². The van der Waals surface area contributed by atoms with E-state index < -0.39 is 5.60 Å². The Morgan fingerprint density at radius 2 is 2.00 bits per heavy atom. The SMILES string of the molecule is CCC(CNCc1ccccc1N)NC(=O)OC(C)(C)C. The third-order valence-electron chi connectivity index (χ3n) is 2.97. The minimum absolute atomic E-state index is 0.0322. The van der Waals surface area contributed by atoms with E-state index in [0.29, 0.717) is 13.1 Å². The second kappa shape index (κ2) is 7.88. The molecule has 1 atom stereocenters. The van der Waals surface area contributed by atoms with Crippen LogP contribution < -0.4 is 16.4 Å². The number of amides is 1. The van der Waals surface area contributed by atoms with Crippen LogP contribution in [0.25, 0.3) is 0 Å². The van der Waals surface area contributed by atoms with Gasteiger partial charge in [0.05, 0.1) is 0 Å². The van der Waals surface area contributed by atoms with Crippen molar-refractivity contribution in [2.45, 2.75) is 52.3 Å². The van der Waals surface area contributed by atoms with E-state index in [4.69, 9.17) is 10.5 Å². The number of benzene rings is 1. The van der Waals surface area contributed by atoms with Crippen LogP contribution in [0.4, 0.5) is 10.5 Å². The van der Waals surface area contributed by atoms with Gasteiger partial charge in [0.2, 0.25) is 0 Å². The lowest BCUT2D eigenvalue weighted by atomic mass is 10.1. The van der Waals surface area contributed by atoms with Crippen molar-refractivity contribution in [2.24, 2.45) is 0 Å². The lowest BCUT2D eigenvalue weighted by Gasteiger charge is -2.23. The van der Waals surface area contributed by atoms with Crippen molar-refractivity contribution < 1.29 is 9.53 Å². The van der Waals surface area contributed by atoms with Crippen LogP contribution >= 0.6 is 0 Å². The molecule has 0 spiro atoms. The first-order valence-electron chi connectivity index (χ1n) is 7.35. The average molecular weight is 293 g/mol. The Morgan fingerprint density at radius 1 is 1.33 bits per heavy atom. The summed E-state index contributed by atoms with van der Waals surface area (Å²) < 4.78 is 5.26. The van der Waals surface area contributed by atoms with Gasteiger partial charge in [-0.3, -0.25) is 0 Å². The molecule has 0 saturated heterocycles. The molecule has 5 heteroatoms. The third kappa shape index (κ3) is 6.99. The molecule has 0 fully saturated rings. The Kier molecular flexibility index (Phi) is 6.49. The number of nitrogens with one attached hydrogen (secondary N) is 2. The zero-order valence-corrected chi connectivity index (χ0v) is 13.4. The van der Waals surface area contributed by atoms with Gasteiger partial charge in [0, 0.05) is 24.8 Å². The third-order valence-corrected chi connectivity index (χ3v) is 2.97.